The zero-order chi connectivity index (χ0) is 23.6. The molecule has 0 atom stereocenters. The molecule has 174 valence electrons. The third-order valence-corrected chi connectivity index (χ3v) is 6.97. The summed E-state index contributed by atoms with van der Waals surface area (Å²) in [5, 5.41) is 18.0. The monoisotopic (exact) mass is 497 g/mol. The van der Waals surface area contributed by atoms with Gasteiger partial charge in [0.1, 0.15) is 17.3 Å². The summed E-state index contributed by atoms with van der Waals surface area (Å²) in [4.78, 5) is 29.1. The van der Waals surface area contributed by atoms with Crippen LogP contribution in [-0.4, -0.2) is 29.0 Å². The number of alkyl halides is 3. The average molecular weight is 498 g/mol. The fourth-order valence-corrected chi connectivity index (χ4v) is 5.14. The second-order valence-corrected chi connectivity index (χ2v) is 9.12. The van der Waals surface area contributed by atoms with Gasteiger partial charge in [0.25, 0.3) is 5.69 Å². The highest BCUT2D eigenvalue weighted by Gasteiger charge is 2.35. The van der Waals surface area contributed by atoms with E-state index in [0.717, 1.165) is 22.7 Å². The van der Waals surface area contributed by atoms with Crippen LogP contribution in [0.1, 0.15) is 24.1 Å². The molecule has 2 aromatic heterocycles. The number of hydrogen-bond acceptors (Lipinski definition) is 8. The summed E-state index contributed by atoms with van der Waals surface area (Å²) in [5.41, 5.74) is 0.124. The minimum Gasteiger partial charge on any atom is -0.459 e. The van der Waals surface area contributed by atoms with Gasteiger partial charge in [0.15, 0.2) is 0 Å². The van der Waals surface area contributed by atoms with E-state index in [2.05, 4.69) is 4.98 Å². The number of halogens is 3. The highest BCUT2D eigenvalue weighted by molar-refractivity contribution is 7.14. The largest absolute Gasteiger partial charge is 0.459 e. The second kappa shape index (κ2) is 9.48. The Labute approximate surface area is 194 Å². The lowest BCUT2D eigenvalue weighted by Gasteiger charge is -2.32. The summed E-state index contributed by atoms with van der Waals surface area (Å²) >= 11 is 3.04. The SMILES string of the molecule is O=C(OCc1csc(-c2ccsc2)n1)C1CCN(c2ccc(C(F)(F)F)cc2[N+](=O)[O-])CC1. The number of hydrogen-bond donors (Lipinski definition) is 0. The molecule has 12 heteroatoms. The van der Waals surface area contributed by atoms with E-state index in [0.29, 0.717) is 37.7 Å². The van der Waals surface area contributed by atoms with Crippen LogP contribution in [0.5, 0.6) is 0 Å². The molecule has 0 aliphatic carbocycles. The first-order valence-corrected chi connectivity index (χ1v) is 11.8. The second-order valence-electron chi connectivity index (χ2n) is 7.48. The Kier molecular flexibility index (Phi) is 6.66. The van der Waals surface area contributed by atoms with Crippen LogP contribution in [0, 0.1) is 16.0 Å². The Morgan fingerprint density at radius 1 is 1.24 bits per heavy atom. The van der Waals surface area contributed by atoms with E-state index in [4.69, 9.17) is 4.74 Å². The number of carbonyl (C=O) groups is 1. The molecule has 0 radical (unpaired) electrons. The molecule has 4 rings (SSSR count). The van der Waals surface area contributed by atoms with Crippen molar-refractivity contribution in [1.82, 2.24) is 4.98 Å². The van der Waals surface area contributed by atoms with Gasteiger partial charge < -0.3 is 9.64 Å². The molecule has 1 aromatic carbocycles. The highest BCUT2D eigenvalue weighted by Crippen LogP contribution is 2.38. The van der Waals surface area contributed by atoms with Crippen LogP contribution in [-0.2, 0) is 22.3 Å². The molecular weight excluding hydrogens is 479 g/mol. The number of carbonyl (C=O) groups excluding carboxylic acids is 1. The lowest BCUT2D eigenvalue weighted by molar-refractivity contribution is -0.384. The topological polar surface area (TPSA) is 85.6 Å². The number of aromatic nitrogens is 1. The summed E-state index contributed by atoms with van der Waals surface area (Å²) in [6.45, 7) is 0.653. The predicted molar refractivity (Wildman–Crippen MR) is 118 cm³/mol. The molecule has 1 aliphatic rings. The van der Waals surface area contributed by atoms with Gasteiger partial charge in [0.05, 0.1) is 22.1 Å². The molecule has 3 heterocycles. The van der Waals surface area contributed by atoms with Gasteiger partial charge in [-0.1, -0.05) is 0 Å². The van der Waals surface area contributed by atoms with Gasteiger partial charge in [-0.3, -0.25) is 14.9 Å². The quantitative estimate of drug-likeness (QED) is 0.245. The summed E-state index contributed by atoms with van der Waals surface area (Å²) in [5.74, 6) is -0.758. The highest BCUT2D eigenvalue weighted by atomic mass is 32.1. The van der Waals surface area contributed by atoms with E-state index in [9.17, 15) is 28.1 Å². The summed E-state index contributed by atoms with van der Waals surface area (Å²) in [7, 11) is 0. The van der Waals surface area contributed by atoms with E-state index in [1.165, 1.54) is 11.3 Å². The van der Waals surface area contributed by atoms with Crippen LogP contribution in [0.15, 0.2) is 40.4 Å². The van der Waals surface area contributed by atoms with Gasteiger partial charge >= 0.3 is 12.1 Å². The predicted octanol–water partition coefficient (Wildman–Crippen LogP) is 5.76. The minimum atomic E-state index is -4.66. The van der Waals surface area contributed by atoms with Gasteiger partial charge in [-0.2, -0.15) is 24.5 Å². The summed E-state index contributed by atoms with van der Waals surface area (Å²) in [6, 6.07) is 4.47. The van der Waals surface area contributed by atoms with E-state index in [1.54, 1.807) is 16.2 Å². The van der Waals surface area contributed by atoms with Crippen LogP contribution in [0.4, 0.5) is 24.5 Å². The van der Waals surface area contributed by atoms with E-state index in [1.807, 2.05) is 22.2 Å². The first-order valence-electron chi connectivity index (χ1n) is 9.96. The number of nitro groups is 1. The molecule has 1 fully saturated rings. The van der Waals surface area contributed by atoms with Crippen molar-refractivity contribution in [2.45, 2.75) is 25.6 Å². The molecule has 33 heavy (non-hydrogen) atoms. The molecule has 1 saturated heterocycles. The number of thiazole rings is 1. The third kappa shape index (κ3) is 5.33. The first-order chi connectivity index (χ1) is 15.7. The van der Waals surface area contributed by atoms with Crippen molar-refractivity contribution in [2.24, 2.45) is 5.92 Å². The van der Waals surface area contributed by atoms with Gasteiger partial charge in [0.2, 0.25) is 0 Å². The van der Waals surface area contributed by atoms with Crippen molar-refractivity contribution in [3.63, 3.8) is 0 Å². The Balaban J connectivity index is 1.34. The number of esters is 1. The van der Waals surface area contributed by atoms with Gasteiger partial charge in [-0.05, 0) is 36.4 Å². The maximum atomic E-state index is 12.9. The van der Waals surface area contributed by atoms with Crippen LogP contribution < -0.4 is 4.90 Å². The molecule has 3 aromatic rings. The Bertz CT molecular complexity index is 1140. The summed E-state index contributed by atoms with van der Waals surface area (Å²) in [6.07, 6.45) is -3.90. The number of rotatable bonds is 6. The fraction of sp³-hybridized carbons (Fsp3) is 0.333. The molecule has 0 N–H and O–H groups in total. The lowest BCUT2D eigenvalue weighted by atomic mass is 9.96. The van der Waals surface area contributed by atoms with E-state index >= 15 is 0 Å². The molecule has 0 unspecified atom stereocenters. The van der Waals surface area contributed by atoms with Crippen LogP contribution in [0.3, 0.4) is 0 Å². The van der Waals surface area contributed by atoms with Crippen molar-refractivity contribution in [1.29, 1.82) is 0 Å². The van der Waals surface area contributed by atoms with Crippen molar-refractivity contribution in [3.05, 3.63) is 61.8 Å². The van der Waals surface area contributed by atoms with Gasteiger partial charge in [0, 0.05) is 35.5 Å². The molecule has 0 spiro atoms. The van der Waals surface area contributed by atoms with E-state index < -0.39 is 22.4 Å². The average Bonchev–Trinajstić information content (AvgIpc) is 3.48. The lowest BCUT2D eigenvalue weighted by Crippen LogP contribution is -2.37. The van der Waals surface area contributed by atoms with Crippen molar-refractivity contribution in [3.8, 4) is 10.6 Å². The van der Waals surface area contributed by atoms with Gasteiger partial charge in [-0.15, -0.1) is 11.3 Å². The zero-order valence-corrected chi connectivity index (χ0v) is 18.7. The number of nitrogens with zero attached hydrogens (tertiary/aromatic N) is 3. The number of benzene rings is 1. The molecule has 7 nitrogen and oxygen atoms in total. The van der Waals surface area contributed by atoms with Crippen LogP contribution in [0.2, 0.25) is 0 Å². The molecular formula is C21H18F3N3O4S2. The third-order valence-electron chi connectivity index (χ3n) is 5.35. The normalized spacial score (nSPS) is 14.9. The van der Waals surface area contributed by atoms with Crippen molar-refractivity contribution in [2.75, 3.05) is 18.0 Å². The molecule has 1 aliphatic heterocycles. The summed E-state index contributed by atoms with van der Waals surface area (Å²) < 4.78 is 44.2. The van der Waals surface area contributed by atoms with Crippen LogP contribution in [0.25, 0.3) is 10.6 Å². The number of nitro benzene ring substituents is 1. The van der Waals surface area contributed by atoms with Crippen molar-refractivity contribution >= 4 is 40.0 Å². The zero-order valence-electron chi connectivity index (χ0n) is 17.1. The van der Waals surface area contributed by atoms with E-state index in [-0.39, 0.29) is 24.2 Å². The number of anilines is 1. The maximum absolute atomic E-state index is 12.9. The molecule has 0 bridgehead atoms. The smallest absolute Gasteiger partial charge is 0.416 e. The van der Waals surface area contributed by atoms with Crippen molar-refractivity contribution < 1.29 is 27.6 Å². The first kappa shape index (κ1) is 23.2. The Morgan fingerprint density at radius 2 is 2.00 bits per heavy atom. The Hall–Kier alpha value is -2.99. The maximum Gasteiger partial charge on any atom is 0.416 e. The van der Waals surface area contributed by atoms with Crippen LogP contribution >= 0.6 is 22.7 Å². The number of ether oxygens (including phenoxy) is 1. The molecule has 0 amide bonds. The number of piperidine rings is 1. The van der Waals surface area contributed by atoms with Gasteiger partial charge in [-0.25, -0.2) is 4.98 Å². The Morgan fingerprint density at radius 3 is 2.64 bits per heavy atom. The number of thiophene rings is 1. The fourth-order valence-electron chi connectivity index (χ4n) is 3.62. The molecule has 0 saturated carbocycles. The minimum absolute atomic E-state index is 0.0596. The standard InChI is InChI=1S/C21H18F3N3O4S2/c22-21(23,24)15-1-2-17(18(9-15)27(29)30)26-6-3-13(4-7-26)20(28)31-10-16-12-33-19(25-16)14-5-8-32-11-14/h1-2,5,8-9,11-13H,3-4,6-7,10H2.